The van der Waals surface area contributed by atoms with Gasteiger partial charge in [0.15, 0.2) is 0 Å². The normalized spacial score (nSPS) is 20.9. The first-order valence-electron chi connectivity index (χ1n) is 11.9. The SMILES string of the molecule is CC1(C)OB([C@H](CCCc2ccccc2)NC(=O)[C@@H](N)CC(=O)N2CCOCC2)OC1(C)C.Cl. The quantitative estimate of drug-likeness (QED) is 0.509. The van der Waals surface area contributed by atoms with Gasteiger partial charge in [-0.15, -0.1) is 12.4 Å². The first-order chi connectivity index (χ1) is 15.6. The number of ether oxygens (including phenoxy) is 1. The number of hydrogen-bond acceptors (Lipinski definition) is 6. The van der Waals surface area contributed by atoms with E-state index in [1.807, 2.05) is 45.9 Å². The van der Waals surface area contributed by atoms with Crippen molar-refractivity contribution in [2.75, 3.05) is 26.3 Å². The summed E-state index contributed by atoms with van der Waals surface area (Å²) in [7, 11) is -0.586. The third kappa shape index (κ3) is 7.42. The zero-order valence-corrected chi connectivity index (χ0v) is 21.6. The summed E-state index contributed by atoms with van der Waals surface area (Å²) in [4.78, 5) is 27.2. The van der Waals surface area contributed by atoms with E-state index in [4.69, 9.17) is 19.8 Å². The maximum atomic E-state index is 12.9. The molecule has 2 saturated heterocycles. The van der Waals surface area contributed by atoms with Crippen molar-refractivity contribution in [2.45, 2.75) is 76.6 Å². The lowest BCUT2D eigenvalue weighted by molar-refractivity contribution is -0.137. The second-order valence-corrected chi connectivity index (χ2v) is 9.92. The van der Waals surface area contributed by atoms with E-state index in [1.165, 1.54) is 5.56 Å². The van der Waals surface area contributed by atoms with Crippen molar-refractivity contribution >= 4 is 31.3 Å². The van der Waals surface area contributed by atoms with E-state index in [9.17, 15) is 9.59 Å². The summed E-state index contributed by atoms with van der Waals surface area (Å²) in [5.74, 6) is -0.861. The summed E-state index contributed by atoms with van der Waals surface area (Å²) < 4.78 is 17.7. The first kappa shape index (κ1) is 28.6. The molecule has 1 aromatic rings. The molecule has 0 radical (unpaired) electrons. The Bertz CT molecular complexity index is 789. The number of carbonyl (C=O) groups excluding carboxylic acids is 2. The van der Waals surface area contributed by atoms with Crippen LogP contribution in [-0.2, 0) is 30.1 Å². The number of amides is 2. The molecule has 2 amide bonds. The smallest absolute Gasteiger partial charge is 0.402 e. The maximum absolute atomic E-state index is 12.9. The highest BCUT2D eigenvalue weighted by Gasteiger charge is 2.54. The minimum atomic E-state index is -0.931. The Balaban J connectivity index is 0.00000408. The van der Waals surface area contributed by atoms with E-state index < -0.39 is 24.4 Å². The van der Waals surface area contributed by atoms with Crippen LogP contribution in [-0.4, -0.2) is 73.3 Å². The van der Waals surface area contributed by atoms with E-state index in [0.29, 0.717) is 32.7 Å². The van der Waals surface area contributed by atoms with Crippen molar-refractivity contribution in [1.82, 2.24) is 10.2 Å². The molecule has 0 aliphatic carbocycles. The van der Waals surface area contributed by atoms with Gasteiger partial charge in [-0.3, -0.25) is 9.59 Å². The van der Waals surface area contributed by atoms with Crippen molar-refractivity contribution < 1.29 is 23.6 Å². The Hall–Kier alpha value is -1.65. The average Bonchev–Trinajstić information content (AvgIpc) is 3.01. The Kier molecular flexibility index (Phi) is 10.4. The second-order valence-electron chi connectivity index (χ2n) is 9.92. The lowest BCUT2D eigenvalue weighted by atomic mass is 9.75. The Labute approximate surface area is 209 Å². The number of morpholine rings is 1. The number of nitrogens with zero attached hydrogens (tertiary/aromatic N) is 1. The van der Waals surface area contributed by atoms with Crippen molar-refractivity contribution in [3.63, 3.8) is 0 Å². The van der Waals surface area contributed by atoms with Crippen molar-refractivity contribution in [2.24, 2.45) is 5.73 Å². The van der Waals surface area contributed by atoms with Crippen molar-refractivity contribution in [3.8, 4) is 0 Å². The summed E-state index contributed by atoms with van der Waals surface area (Å²) in [5, 5.41) is 3.02. The Morgan fingerprint density at radius 1 is 1.09 bits per heavy atom. The third-order valence-electron chi connectivity index (χ3n) is 6.85. The highest BCUT2D eigenvalue weighted by molar-refractivity contribution is 6.48. The van der Waals surface area contributed by atoms with Gasteiger partial charge in [0, 0.05) is 13.1 Å². The van der Waals surface area contributed by atoms with Crippen molar-refractivity contribution in [1.29, 1.82) is 0 Å². The molecule has 0 unspecified atom stereocenters. The Morgan fingerprint density at radius 2 is 1.68 bits per heavy atom. The molecule has 0 saturated carbocycles. The van der Waals surface area contributed by atoms with Crippen LogP contribution >= 0.6 is 12.4 Å². The van der Waals surface area contributed by atoms with E-state index in [0.717, 1.165) is 12.8 Å². The number of nitrogens with two attached hydrogens (primary N) is 1. The van der Waals surface area contributed by atoms with Crippen LogP contribution < -0.4 is 11.1 Å². The lowest BCUT2D eigenvalue weighted by Crippen LogP contribution is -2.54. The number of hydrogen-bond donors (Lipinski definition) is 2. The summed E-state index contributed by atoms with van der Waals surface area (Å²) >= 11 is 0. The molecule has 3 rings (SSSR count). The second kappa shape index (κ2) is 12.4. The standard InChI is InChI=1S/C24H38BN3O5.ClH/c1-23(2)24(3,4)33-25(32-23)20(12-8-11-18-9-6-5-7-10-18)27-22(30)19(26)17-21(29)28-13-15-31-16-14-28;/h5-7,9-10,19-20H,8,11-17,26H2,1-4H3,(H,27,30);1H/t19-,20-;/m0./s1. The van der Waals surface area contributed by atoms with Gasteiger partial charge in [0.2, 0.25) is 11.8 Å². The number of aryl methyl sites for hydroxylation is 1. The fourth-order valence-corrected chi connectivity index (χ4v) is 4.01. The topological polar surface area (TPSA) is 103 Å². The predicted molar refractivity (Wildman–Crippen MR) is 135 cm³/mol. The molecule has 0 spiro atoms. The number of rotatable bonds is 9. The van der Waals surface area contributed by atoms with Gasteiger partial charge in [-0.05, 0) is 52.5 Å². The van der Waals surface area contributed by atoms with Gasteiger partial charge in [0.1, 0.15) is 0 Å². The molecule has 1 aromatic carbocycles. The molecular weight excluding hydrogens is 457 g/mol. The van der Waals surface area contributed by atoms with Crippen LogP contribution in [0.4, 0.5) is 0 Å². The molecule has 2 aliphatic heterocycles. The maximum Gasteiger partial charge on any atom is 0.481 e. The summed E-state index contributed by atoms with van der Waals surface area (Å²) in [6, 6.07) is 9.29. The number of carbonyl (C=O) groups is 2. The molecule has 2 fully saturated rings. The van der Waals surface area contributed by atoms with Gasteiger partial charge < -0.3 is 30.0 Å². The first-order valence-corrected chi connectivity index (χ1v) is 11.9. The minimum Gasteiger partial charge on any atom is -0.402 e. The highest BCUT2D eigenvalue weighted by Crippen LogP contribution is 2.38. The van der Waals surface area contributed by atoms with Crippen LogP contribution in [0.2, 0.25) is 0 Å². The number of nitrogens with one attached hydrogen (secondary N) is 1. The van der Waals surface area contributed by atoms with Crippen LogP contribution in [0.25, 0.3) is 0 Å². The molecule has 0 aromatic heterocycles. The highest BCUT2D eigenvalue weighted by atomic mass is 35.5. The van der Waals surface area contributed by atoms with Crippen LogP contribution in [0.5, 0.6) is 0 Å². The predicted octanol–water partition coefficient (Wildman–Crippen LogP) is 2.12. The fourth-order valence-electron chi connectivity index (χ4n) is 4.01. The van der Waals surface area contributed by atoms with E-state index >= 15 is 0 Å². The monoisotopic (exact) mass is 495 g/mol. The molecule has 2 aliphatic rings. The van der Waals surface area contributed by atoms with Gasteiger partial charge in [0.05, 0.1) is 42.8 Å². The minimum absolute atomic E-state index is 0. The summed E-state index contributed by atoms with van der Waals surface area (Å²) in [5.41, 5.74) is 6.35. The Morgan fingerprint density at radius 3 is 2.26 bits per heavy atom. The van der Waals surface area contributed by atoms with Crippen LogP contribution in [0.3, 0.4) is 0 Å². The zero-order chi connectivity index (χ0) is 24.1. The van der Waals surface area contributed by atoms with E-state index in [1.54, 1.807) is 4.90 Å². The van der Waals surface area contributed by atoms with Gasteiger partial charge in [-0.2, -0.15) is 0 Å². The van der Waals surface area contributed by atoms with Gasteiger partial charge in [-0.25, -0.2) is 0 Å². The molecule has 190 valence electrons. The summed E-state index contributed by atoms with van der Waals surface area (Å²) in [6.45, 7) is 10.0. The van der Waals surface area contributed by atoms with Crippen molar-refractivity contribution in [3.05, 3.63) is 35.9 Å². The van der Waals surface area contributed by atoms with Crippen LogP contribution in [0.1, 0.15) is 52.5 Å². The lowest BCUT2D eigenvalue weighted by Gasteiger charge is -2.32. The van der Waals surface area contributed by atoms with Crippen LogP contribution in [0, 0.1) is 0 Å². The summed E-state index contributed by atoms with van der Waals surface area (Å²) in [6.07, 6.45) is 2.36. The van der Waals surface area contributed by atoms with Gasteiger partial charge in [0.25, 0.3) is 0 Å². The van der Waals surface area contributed by atoms with E-state index in [-0.39, 0.29) is 36.6 Å². The molecule has 8 nitrogen and oxygen atoms in total. The fraction of sp³-hybridized carbons (Fsp3) is 0.667. The van der Waals surface area contributed by atoms with Crippen LogP contribution in [0.15, 0.2) is 30.3 Å². The average molecular weight is 496 g/mol. The molecule has 0 bridgehead atoms. The molecule has 34 heavy (non-hydrogen) atoms. The van der Waals surface area contributed by atoms with E-state index in [2.05, 4.69) is 17.4 Å². The number of benzene rings is 1. The largest absolute Gasteiger partial charge is 0.481 e. The zero-order valence-electron chi connectivity index (χ0n) is 20.7. The molecule has 2 atom stereocenters. The molecular formula is C24H39BClN3O5. The molecule has 2 heterocycles. The molecule has 3 N–H and O–H groups in total. The number of halogens is 1. The third-order valence-corrected chi connectivity index (χ3v) is 6.85. The van der Waals surface area contributed by atoms with Gasteiger partial charge >= 0.3 is 7.12 Å². The molecule has 10 heteroatoms. The van der Waals surface area contributed by atoms with Gasteiger partial charge in [-0.1, -0.05) is 30.3 Å².